The number of rotatable bonds is 7. The van der Waals surface area contributed by atoms with Crippen LogP contribution < -0.4 is 5.32 Å². The number of hydrogen-bond donors (Lipinski definition) is 3. The number of aliphatic carboxylic acids is 1. The highest BCUT2D eigenvalue weighted by molar-refractivity contribution is 5.76. The molecule has 1 heterocycles. The highest BCUT2D eigenvalue weighted by atomic mass is 16.4. The van der Waals surface area contributed by atoms with E-state index in [1.54, 1.807) is 4.68 Å². The minimum Gasteiger partial charge on any atom is -0.479 e. The van der Waals surface area contributed by atoms with Gasteiger partial charge in [-0.1, -0.05) is 0 Å². The van der Waals surface area contributed by atoms with E-state index in [4.69, 9.17) is 10.2 Å². The molecule has 0 aromatic carbocycles. The summed E-state index contributed by atoms with van der Waals surface area (Å²) in [7, 11) is 1.86. The van der Waals surface area contributed by atoms with E-state index in [9.17, 15) is 9.59 Å². The van der Waals surface area contributed by atoms with Gasteiger partial charge in [0, 0.05) is 32.1 Å². The van der Waals surface area contributed by atoms with E-state index in [1.807, 2.05) is 20.9 Å². The fraction of sp³-hybridized carbons (Fsp3) is 0.615. The fourth-order valence-corrected chi connectivity index (χ4v) is 1.98. The molecule has 20 heavy (non-hydrogen) atoms. The number of amides is 1. The Bertz CT molecular complexity index is 496. The van der Waals surface area contributed by atoms with E-state index >= 15 is 0 Å². The molecule has 0 spiro atoms. The number of carbonyl (C=O) groups is 2. The summed E-state index contributed by atoms with van der Waals surface area (Å²) >= 11 is 0. The Labute approximate surface area is 117 Å². The van der Waals surface area contributed by atoms with Crippen molar-refractivity contribution >= 4 is 11.9 Å². The number of aliphatic hydroxyl groups excluding tert-OH is 1. The number of nitrogens with one attached hydrogen (secondary N) is 1. The Morgan fingerprint density at radius 3 is 2.55 bits per heavy atom. The van der Waals surface area contributed by atoms with E-state index in [-0.39, 0.29) is 18.9 Å². The quantitative estimate of drug-likeness (QED) is 0.649. The summed E-state index contributed by atoms with van der Waals surface area (Å²) in [5, 5.41) is 24.4. The van der Waals surface area contributed by atoms with Gasteiger partial charge in [-0.3, -0.25) is 9.48 Å². The Hall–Kier alpha value is -1.89. The second-order valence-electron chi connectivity index (χ2n) is 4.77. The summed E-state index contributed by atoms with van der Waals surface area (Å²) in [6.07, 6.45) is -0.514. The molecule has 1 aromatic rings. The van der Waals surface area contributed by atoms with Gasteiger partial charge in [0.05, 0.1) is 5.69 Å². The maximum atomic E-state index is 11.6. The number of carboxylic acids is 1. The summed E-state index contributed by atoms with van der Waals surface area (Å²) in [6.45, 7) is 4.01. The predicted octanol–water partition coefficient (Wildman–Crippen LogP) is -0.0787. The van der Waals surface area contributed by atoms with Gasteiger partial charge in [0.15, 0.2) is 6.10 Å². The molecule has 0 aliphatic carbocycles. The molecule has 0 bridgehead atoms. The first kappa shape index (κ1) is 16.2. The second kappa shape index (κ2) is 7.04. The third-order valence-electron chi connectivity index (χ3n) is 3.29. The first-order valence-electron chi connectivity index (χ1n) is 6.49. The Morgan fingerprint density at radius 2 is 2.05 bits per heavy atom. The van der Waals surface area contributed by atoms with E-state index < -0.39 is 12.1 Å². The Kier molecular flexibility index (Phi) is 5.69. The number of aryl methyl sites for hydroxylation is 2. The number of aromatic nitrogens is 2. The molecule has 0 aliphatic rings. The molecular weight excluding hydrogens is 262 g/mol. The van der Waals surface area contributed by atoms with E-state index in [0.29, 0.717) is 12.8 Å². The number of carboxylic acid groups (broad SMARTS) is 1. The fourth-order valence-electron chi connectivity index (χ4n) is 1.98. The summed E-state index contributed by atoms with van der Waals surface area (Å²) in [5.41, 5.74) is 3.02. The lowest BCUT2D eigenvalue weighted by atomic mass is 10.1. The largest absolute Gasteiger partial charge is 0.479 e. The average Bonchev–Trinajstić information content (AvgIpc) is 2.61. The van der Waals surface area contributed by atoms with Crippen molar-refractivity contribution in [3.05, 3.63) is 17.0 Å². The van der Waals surface area contributed by atoms with Gasteiger partial charge in [-0.25, -0.2) is 4.79 Å². The van der Waals surface area contributed by atoms with Crippen molar-refractivity contribution in [3.63, 3.8) is 0 Å². The first-order valence-corrected chi connectivity index (χ1v) is 6.49. The van der Waals surface area contributed by atoms with Crippen LogP contribution in [0.3, 0.4) is 0 Å². The molecule has 112 valence electrons. The predicted molar refractivity (Wildman–Crippen MR) is 72.3 cm³/mol. The average molecular weight is 283 g/mol. The van der Waals surface area contributed by atoms with Crippen LogP contribution in [0.1, 0.15) is 29.8 Å². The van der Waals surface area contributed by atoms with Gasteiger partial charge in [-0.15, -0.1) is 0 Å². The molecule has 3 N–H and O–H groups in total. The van der Waals surface area contributed by atoms with Crippen LogP contribution in [-0.2, 0) is 23.1 Å². The Morgan fingerprint density at radius 1 is 1.40 bits per heavy atom. The SMILES string of the molecule is Cc1nn(C)c(C)c1CCC(=O)NCCC(O)C(=O)O. The van der Waals surface area contributed by atoms with Crippen molar-refractivity contribution in [1.29, 1.82) is 0 Å². The number of nitrogens with zero attached hydrogens (tertiary/aromatic N) is 2. The molecular formula is C13H21N3O4. The smallest absolute Gasteiger partial charge is 0.332 e. The molecule has 7 nitrogen and oxygen atoms in total. The zero-order valence-electron chi connectivity index (χ0n) is 12.0. The third-order valence-corrected chi connectivity index (χ3v) is 3.29. The highest BCUT2D eigenvalue weighted by Gasteiger charge is 2.14. The van der Waals surface area contributed by atoms with Crippen molar-refractivity contribution in [2.75, 3.05) is 6.54 Å². The van der Waals surface area contributed by atoms with Crippen LogP contribution in [0.5, 0.6) is 0 Å². The maximum Gasteiger partial charge on any atom is 0.332 e. The molecule has 0 aliphatic heterocycles. The van der Waals surface area contributed by atoms with Gasteiger partial charge >= 0.3 is 5.97 Å². The molecule has 0 saturated heterocycles. The molecule has 1 aromatic heterocycles. The van der Waals surface area contributed by atoms with Gasteiger partial charge in [-0.2, -0.15) is 5.10 Å². The molecule has 1 atom stereocenters. The molecule has 7 heteroatoms. The van der Waals surface area contributed by atoms with Crippen LogP contribution >= 0.6 is 0 Å². The van der Waals surface area contributed by atoms with Crippen molar-refractivity contribution in [2.24, 2.45) is 7.05 Å². The summed E-state index contributed by atoms with van der Waals surface area (Å²) < 4.78 is 1.78. The van der Waals surface area contributed by atoms with E-state index in [1.165, 1.54) is 0 Å². The van der Waals surface area contributed by atoms with E-state index in [0.717, 1.165) is 17.0 Å². The minimum atomic E-state index is -1.43. The summed E-state index contributed by atoms with van der Waals surface area (Å²) in [6, 6.07) is 0. The lowest BCUT2D eigenvalue weighted by Crippen LogP contribution is -2.30. The molecule has 1 unspecified atom stereocenters. The molecule has 1 rings (SSSR count). The zero-order valence-corrected chi connectivity index (χ0v) is 12.0. The van der Waals surface area contributed by atoms with Crippen molar-refractivity contribution in [3.8, 4) is 0 Å². The van der Waals surface area contributed by atoms with Gasteiger partial charge < -0.3 is 15.5 Å². The number of hydrogen-bond acceptors (Lipinski definition) is 4. The lowest BCUT2D eigenvalue weighted by Gasteiger charge is -2.07. The zero-order chi connectivity index (χ0) is 15.3. The summed E-state index contributed by atoms with van der Waals surface area (Å²) in [4.78, 5) is 22.0. The van der Waals surface area contributed by atoms with Gasteiger partial charge in [0.25, 0.3) is 0 Å². The van der Waals surface area contributed by atoms with Crippen molar-refractivity contribution < 1.29 is 19.8 Å². The van der Waals surface area contributed by atoms with Crippen LogP contribution in [-0.4, -0.2) is 44.5 Å². The van der Waals surface area contributed by atoms with Crippen LogP contribution in [0.4, 0.5) is 0 Å². The number of carbonyl (C=O) groups excluding carboxylic acids is 1. The summed E-state index contributed by atoms with van der Waals surface area (Å²) in [5.74, 6) is -1.44. The number of aliphatic hydroxyl groups is 1. The monoisotopic (exact) mass is 283 g/mol. The third kappa shape index (κ3) is 4.34. The van der Waals surface area contributed by atoms with Crippen LogP contribution in [0.15, 0.2) is 0 Å². The molecule has 0 fully saturated rings. The van der Waals surface area contributed by atoms with Gasteiger partial charge in [0.1, 0.15) is 0 Å². The maximum absolute atomic E-state index is 11.6. The normalized spacial score (nSPS) is 12.2. The van der Waals surface area contributed by atoms with Crippen LogP contribution in [0, 0.1) is 13.8 Å². The highest BCUT2D eigenvalue weighted by Crippen LogP contribution is 2.13. The molecule has 0 saturated carbocycles. The van der Waals surface area contributed by atoms with Crippen LogP contribution in [0.25, 0.3) is 0 Å². The van der Waals surface area contributed by atoms with Crippen molar-refractivity contribution in [2.45, 2.75) is 39.2 Å². The van der Waals surface area contributed by atoms with Crippen LogP contribution in [0.2, 0.25) is 0 Å². The van der Waals surface area contributed by atoms with Crippen molar-refractivity contribution in [1.82, 2.24) is 15.1 Å². The van der Waals surface area contributed by atoms with Gasteiger partial charge in [-0.05, 0) is 25.8 Å². The Balaban J connectivity index is 2.35. The second-order valence-corrected chi connectivity index (χ2v) is 4.77. The first-order chi connectivity index (χ1) is 9.32. The topological polar surface area (TPSA) is 104 Å². The molecule has 0 radical (unpaired) electrons. The van der Waals surface area contributed by atoms with E-state index in [2.05, 4.69) is 10.4 Å². The standard InChI is InChI=1S/C13H21N3O4/c1-8-10(9(2)16(3)15-8)4-5-12(18)14-7-6-11(17)13(19)20/h11,17H,4-7H2,1-3H3,(H,14,18)(H,19,20). The minimum absolute atomic E-state index is 0.00597. The molecule has 1 amide bonds. The van der Waals surface area contributed by atoms with Gasteiger partial charge in [0.2, 0.25) is 5.91 Å². The lowest BCUT2D eigenvalue weighted by molar-refractivity contribution is -0.147.